The van der Waals surface area contributed by atoms with Crippen molar-refractivity contribution < 1.29 is 4.79 Å². The fourth-order valence-corrected chi connectivity index (χ4v) is 2.27. The van der Waals surface area contributed by atoms with Crippen molar-refractivity contribution in [1.82, 2.24) is 9.80 Å². The number of halogens is 1. The molecule has 1 fully saturated rings. The molecule has 1 heterocycles. The smallest absolute Gasteiger partial charge is 0.267 e. The number of amides is 1. The molecule has 110 valence electrons. The first kappa shape index (κ1) is 15.5. The highest BCUT2D eigenvalue weighted by atomic mass is 79.9. The van der Waals surface area contributed by atoms with Crippen molar-refractivity contribution in [3.63, 3.8) is 0 Å². The summed E-state index contributed by atoms with van der Waals surface area (Å²) in [5.41, 5.74) is 0.796. The number of likely N-dealkylation sites (N-methyl/N-ethyl adjacent to an activating group) is 1. The van der Waals surface area contributed by atoms with E-state index in [0.29, 0.717) is 5.69 Å². The molecule has 1 aromatic rings. The molecule has 1 amide bonds. The van der Waals surface area contributed by atoms with Crippen molar-refractivity contribution in [2.24, 2.45) is 0 Å². The fraction of sp³-hybridized carbons (Fsp3) is 0.333. The largest absolute Gasteiger partial charge is 0.374 e. The average Bonchev–Trinajstić information content (AvgIpc) is 2.49. The Morgan fingerprint density at radius 2 is 1.90 bits per heavy atom. The lowest BCUT2D eigenvalue weighted by atomic mass is 10.2. The molecule has 1 aliphatic rings. The van der Waals surface area contributed by atoms with Crippen molar-refractivity contribution in [3.05, 3.63) is 40.5 Å². The molecule has 1 saturated heterocycles. The maximum Gasteiger partial charge on any atom is 0.267 e. The van der Waals surface area contributed by atoms with Gasteiger partial charge >= 0.3 is 0 Å². The van der Waals surface area contributed by atoms with E-state index in [9.17, 15) is 10.1 Å². The number of nitrogens with one attached hydrogen (secondary N) is 1. The normalized spacial score (nSPS) is 16.4. The van der Waals surface area contributed by atoms with Gasteiger partial charge in [0.05, 0.1) is 0 Å². The number of carbonyl (C=O) groups excluding carboxylic acids is 1. The molecule has 0 atom stereocenters. The van der Waals surface area contributed by atoms with E-state index >= 15 is 0 Å². The van der Waals surface area contributed by atoms with E-state index in [-0.39, 0.29) is 11.5 Å². The lowest BCUT2D eigenvalue weighted by molar-refractivity contribution is -0.112. The Kier molecular flexibility index (Phi) is 5.37. The Hall–Kier alpha value is -1.84. The fourth-order valence-electron chi connectivity index (χ4n) is 2.00. The summed E-state index contributed by atoms with van der Waals surface area (Å²) < 4.78 is 0.939. The van der Waals surface area contributed by atoms with Crippen LogP contribution in [0.15, 0.2) is 40.5 Å². The summed E-state index contributed by atoms with van der Waals surface area (Å²) in [7, 11) is 2.06. The van der Waals surface area contributed by atoms with Crippen LogP contribution in [-0.4, -0.2) is 48.9 Å². The van der Waals surface area contributed by atoms with E-state index in [1.165, 1.54) is 0 Å². The van der Waals surface area contributed by atoms with Gasteiger partial charge in [0.25, 0.3) is 5.91 Å². The molecule has 2 rings (SSSR count). The maximum atomic E-state index is 12.1. The molecule has 21 heavy (non-hydrogen) atoms. The third-order valence-electron chi connectivity index (χ3n) is 3.32. The van der Waals surface area contributed by atoms with Gasteiger partial charge in [0.1, 0.15) is 11.6 Å². The Labute approximate surface area is 133 Å². The van der Waals surface area contributed by atoms with E-state index in [1.807, 2.05) is 23.1 Å². The van der Waals surface area contributed by atoms with Gasteiger partial charge in [-0.05, 0) is 31.3 Å². The second kappa shape index (κ2) is 7.25. The van der Waals surface area contributed by atoms with Crippen LogP contribution in [0.4, 0.5) is 5.69 Å². The molecular weight excluding hydrogens is 332 g/mol. The molecule has 0 spiro atoms. The lowest BCUT2D eigenvalue weighted by Gasteiger charge is -2.31. The number of nitriles is 1. The predicted molar refractivity (Wildman–Crippen MR) is 85.5 cm³/mol. The highest BCUT2D eigenvalue weighted by molar-refractivity contribution is 9.10. The number of nitrogens with zero attached hydrogens (tertiary/aromatic N) is 3. The minimum atomic E-state index is -0.376. The zero-order valence-electron chi connectivity index (χ0n) is 11.8. The van der Waals surface area contributed by atoms with Gasteiger partial charge in [0, 0.05) is 42.5 Å². The van der Waals surface area contributed by atoms with Crippen LogP contribution in [0.1, 0.15) is 0 Å². The van der Waals surface area contributed by atoms with Crippen LogP contribution < -0.4 is 5.32 Å². The summed E-state index contributed by atoms with van der Waals surface area (Å²) in [6, 6.07) is 9.22. The molecule has 0 bridgehead atoms. The second-order valence-electron chi connectivity index (χ2n) is 4.95. The van der Waals surface area contributed by atoms with Crippen LogP contribution in [0.5, 0.6) is 0 Å². The third kappa shape index (κ3) is 4.59. The average molecular weight is 349 g/mol. The zero-order valence-corrected chi connectivity index (χ0v) is 13.4. The highest BCUT2D eigenvalue weighted by Gasteiger charge is 2.15. The predicted octanol–water partition coefficient (Wildman–Crippen LogP) is 2.04. The number of rotatable bonds is 3. The van der Waals surface area contributed by atoms with E-state index in [4.69, 9.17) is 0 Å². The highest BCUT2D eigenvalue weighted by Crippen LogP contribution is 2.15. The Morgan fingerprint density at radius 3 is 2.48 bits per heavy atom. The first-order valence-electron chi connectivity index (χ1n) is 6.70. The van der Waals surface area contributed by atoms with Gasteiger partial charge in [-0.3, -0.25) is 4.79 Å². The molecule has 5 nitrogen and oxygen atoms in total. The Balaban J connectivity index is 2.01. The minimum Gasteiger partial charge on any atom is -0.374 e. The topological polar surface area (TPSA) is 59.4 Å². The number of carbonyl (C=O) groups is 1. The van der Waals surface area contributed by atoms with Gasteiger partial charge in [-0.1, -0.05) is 15.9 Å². The molecule has 0 aromatic heterocycles. The van der Waals surface area contributed by atoms with Crippen molar-refractivity contribution >= 4 is 27.5 Å². The monoisotopic (exact) mass is 348 g/mol. The minimum absolute atomic E-state index is 0.127. The number of piperazine rings is 1. The van der Waals surface area contributed by atoms with E-state index in [0.717, 1.165) is 30.7 Å². The number of hydrogen-bond acceptors (Lipinski definition) is 4. The Bertz CT molecular complexity index is 568. The van der Waals surface area contributed by atoms with E-state index in [2.05, 4.69) is 33.2 Å². The second-order valence-corrected chi connectivity index (χ2v) is 5.87. The summed E-state index contributed by atoms with van der Waals surface area (Å²) in [6.07, 6.45) is 1.65. The van der Waals surface area contributed by atoms with Crippen molar-refractivity contribution in [2.75, 3.05) is 38.5 Å². The summed E-state index contributed by atoms with van der Waals surface area (Å²) in [6.45, 7) is 3.52. The molecule has 1 aliphatic heterocycles. The van der Waals surface area contributed by atoms with Gasteiger partial charge in [-0.2, -0.15) is 5.26 Å². The van der Waals surface area contributed by atoms with Gasteiger partial charge in [-0.15, -0.1) is 0 Å². The van der Waals surface area contributed by atoms with Gasteiger partial charge in [0.2, 0.25) is 0 Å². The molecular formula is C15H17BrN4O. The van der Waals surface area contributed by atoms with E-state index < -0.39 is 0 Å². The summed E-state index contributed by atoms with van der Waals surface area (Å²) in [4.78, 5) is 16.4. The van der Waals surface area contributed by atoms with Crippen molar-refractivity contribution in [2.45, 2.75) is 0 Å². The van der Waals surface area contributed by atoms with Crippen LogP contribution in [0.25, 0.3) is 0 Å². The van der Waals surface area contributed by atoms with Crippen LogP contribution in [0, 0.1) is 11.3 Å². The first-order valence-corrected chi connectivity index (χ1v) is 7.49. The van der Waals surface area contributed by atoms with Crippen LogP contribution >= 0.6 is 15.9 Å². The van der Waals surface area contributed by atoms with Crippen molar-refractivity contribution in [1.29, 1.82) is 5.26 Å². The van der Waals surface area contributed by atoms with Gasteiger partial charge < -0.3 is 15.1 Å². The molecule has 6 heteroatoms. The molecule has 1 aromatic carbocycles. The van der Waals surface area contributed by atoms with Crippen LogP contribution in [-0.2, 0) is 4.79 Å². The first-order chi connectivity index (χ1) is 10.1. The summed E-state index contributed by atoms with van der Waals surface area (Å²) >= 11 is 3.34. The van der Waals surface area contributed by atoms with Gasteiger partial charge in [0.15, 0.2) is 0 Å². The quantitative estimate of drug-likeness (QED) is 0.670. The number of anilines is 1. The standard InChI is InChI=1S/C15H17BrN4O/c1-19-6-8-20(9-7-19)11-12(10-17)15(21)18-14-4-2-13(16)3-5-14/h2-5,11H,6-9H2,1H3,(H,18,21)/b12-11-. The van der Waals surface area contributed by atoms with Crippen LogP contribution in [0.3, 0.4) is 0 Å². The van der Waals surface area contributed by atoms with Crippen molar-refractivity contribution in [3.8, 4) is 6.07 Å². The molecule has 0 saturated carbocycles. The summed E-state index contributed by atoms with van der Waals surface area (Å²) in [5.74, 6) is -0.376. The molecule has 1 N–H and O–H groups in total. The summed E-state index contributed by atoms with van der Waals surface area (Å²) in [5, 5.41) is 11.9. The molecule has 0 unspecified atom stereocenters. The number of hydrogen-bond donors (Lipinski definition) is 1. The Morgan fingerprint density at radius 1 is 1.29 bits per heavy atom. The zero-order chi connectivity index (χ0) is 15.2. The van der Waals surface area contributed by atoms with Gasteiger partial charge in [-0.25, -0.2) is 0 Å². The van der Waals surface area contributed by atoms with Crippen LogP contribution in [0.2, 0.25) is 0 Å². The SMILES string of the molecule is CN1CCN(/C=C(/C#N)C(=O)Nc2ccc(Br)cc2)CC1. The molecule has 0 aliphatic carbocycles. The maximum absolute atomic E-state index is 12.1. The third-order valence-corrected chi connectivity index (χ3v) is 3.85. The molecule has 0 radical (unpaired) electrons. The lowest BCUT2D eigenvalue weighted by Crippen LogP contribution is -2.42. The number of benzene rings is 1. The van der Waals surface area contributed by atoms with E-state index in [1.54, 1.807) is 18.3 Å².